The Hall–Kier alpha value is -0.780. The number of nitrogens with zero attached hydrogens (tertiary/aromatic N) is 1. The van der Waals surface area contributed by atoms with Crippen LogP contribution in [0.15, 0.2) is 0 Å². The zero-order valence-corrected chi connectivity index (χ0v) is 10.2. The Morgan fingerprint density at radius 1 is 1.47 bits per heavy atom. The number of carbonyl (C=O) groups excluding carboxylic acids is 1. The molecule has 100 valence electrons. The summed E-state index contributed by atoms with van der Waals surface area (Å²) in [6, 6.07) is 0. The number of likely N-dealkylation sites (tertiary alicyclic amines) is 1. The van der Waals surface area contributed by atoms with Crippen molar-refractivity contribution < 1.29 is 18.0 Å². The Bertz CT molecular complexity index is 289. The van der Waals surface area contributed by atoms with E-state index in [4.69, 9.17) is 5.73 Å². The SMILES string of the molecule is CCC1CCCN(C(=O)C(C)(N)C(F)(F)F)C1. The molecule has 3 nitrogen and oxygen atoms in total. The number of amides is 1. The van der Waals surface area contributed by atoms with E-state index < -0.39 is 17.6 Å². The minimum absolute atomic E-state index is 0.289. The van der Waals surface area contributed by atoms with Crippen molar-refractivity contribution in [3.05, 3.63) is 0 Å². The van der Waals surface area contributed by atoms with E-state index in [1.165, 1.54) is 4.90 Å². The van der Waals surface area contributed by atoms with Crippen LogP contribution in [0.4, 0.5) is 13.2 Å². The zero-order valence-electron chi connectivity index (χ0n) is 10.2. The van der Waals surface area contributed by atoms with Crippen molar-refractivity contribution in [1.82, 2.24) is 4.90 Å². The summed E-state index contributed by atoms with van der Waals surface area (Å²) in [6.07, 6.45) is -2.12. The lowest BCUT2D eigenvalue weighted by atomic mass is 9.93. The van der Waals surface area contributed by atoms with E-state index in [0.717, 1.165) is 26.2 Å². The molecular weight excluding hydrogens is 233 g/mol. The summed E-state index contributed by atoms with van der Waals surface area (Å²) < 4.78 is 37.9. The Labute approximate surface area is 99.1 Å². The van der Waals surface area contributed by atoms with Crippen LogP contribution < -0.4 is 5.73 Å². The number of halogens is 3. The number of hydrogen-bond acceptors (Lipinski definition) is 2. The van der Waals surface area contributed by atoms with Gasteiger partial charge in [-0.3, -0.25) is 4.79 Å². The Morgan fingerprint density at radius 2 is 2.06 bits per heavy atom. The summed E-state index contributed by atoms with van der Waals surface area (Å²) in [5, 5.41) is 0. The van der Waals surface area contributed by atoms with Crippen molar-refractivity contribution in [2.75, 3.05) is 13.1 Å². The summed E-state index contributed by atoms with van der Waals surface area (Å²) in [5.74, 6) is -0.722. The molecule has 2 N–H and O–H groups in total. The monoisotopic (exact) mass is 252 g/mol. The average molecular weight is 252 g/mol. The van der Waals surface area contributed by atoms with E-state index in [1.807, 2.05) is 6.92 Å². The molecule has 1 aliphatic heterocycles. The van der Waals surface area contributed by atoms with Gasteiger partial charge in [-0.2, -0.15) is 13.2 Å². The second-order valence-corrected chi connectivity index (χ2v) is 4.87. The van der Waals surface area contributed by atoms with Gasteiger partial charge < -0.3 is 10.6 Å². The van der Waals surface area contributed by atoms with E-state index in [0.29, 0.717) is 13.1 Å². The molecule has 2 unspecified atom stereocenters. The van der Waals surface area contributed by atoms with E-state index in [-0.39, 0.29) is 5.92 Å². The van der Waals surface area contributed by atoms with Crippen molar-refractivity contribution in [1.29, 1.82) is 0 Å². The lowest BCUT2D eigenvalue weighted by Gasteiger charge is -2.37. The maximum Gasteiger partial charge on any atom is 0.415 e. The molecule has 1 heterocycles. The summed E-state index contributed by atoms with van der Waals surface area (Å²) in [4.78, 5) is 13.1. The smallest absolute Gasteiger partial charge is 0.341 e. The van der Waals surface area contributed by atoms with Crippen LogP contribution in [0.2, 0.25) is 0 Å². The lowest BCUT2D eigenvalue weighted by molar-refractivity contribution is -0.194. The average Bonchev–Trinajstić information content (AvgIpc) is 2.26. The molecule has 0 spiro atoms. The first-order valence-corrected chi connectivity index (χ1v) is 5.85. The van der Waals surface area contributed by atoms with Crippen molar-refractivity contribution >= 4 is 5.91 Å². The molecule has 2 atom stereocenters. The highest BCUT2D eigenvalue weighted by Gasteiger charge is 2.55. The summed E-state index contributed by atoms with van der Waals surface area (Å²) >= 11 is 0. The molecule has 0 saturated carbocycles. The van der Waals surface area contributed by atoms with Crippen LogP contribution in [0, 0.1) is 5.92 Å². The normalized spacial score (nSPS) is 25.5. The molecule has 1 aliphatic rings. The number of alkyl halides is 3. The minimum Gasteiger partial charge on any atom is -0.341 e. The van der Waals surface area contributed by atoms with Crippen LogP contribution in [0.3, 0.4) is 0 Å². The molecule has 0 aromatic heterocycles. The van der Waals surface area contributed by atoms with Gasteiger partial charge in [0.2, 0.25) is 0 Å². The summed E-state index contributed by atoms with van der Waals surface area (Å²) in [5.41, 5.74) is 2.36. The van der Waals surface area contributed by atoms with Gasteiger partial charge in [0.05, 0.1) is 0 Å². The van der Waals surface area contributed by atoms with Gasteiger partial charge in [-0.25, -0.2) is 0 Å². The Morgan fingerprint density at radius 3 is 2.53 bits per heavy atom. The summed E-state index contributed by atoms with van der Waals surface area (Å²) in [6.45, 7) is 3.48. The van der Waals surface area contributed by atoms with Gasteiger partial charge in [0.15, 0.2) is 5.54 Å². The van der Waals surface area contributed by atoms with Crippen molar-refractivity contribution in [2.45, 2.75) is 44.8 Å². The molecule has 0 aliphatic carbocycles. The number of rotatable bonds is 2. The second kappa shape index (κ2) is 4.84. The first-order chi connectivity index (χ1) is 7.70. The lowest BCUT2D eigenvalue weighted by Crippen LogP contribution is -2.63. The third-order valence-electron chi connectivity index (χ3n) is 3.42. The third-order valence-corrected chi connectivity index (χ3v) is 3.42. The van der Waals surface area contributed by atoms with Crippen LogP contribution >= 0.6 is 0 Å². The maximum atomic E-state index is 12.6. The summed E-state index contributed by atoms with van der Waals surface area (Å²) in [7, 11) is 0. The van der Waals surface area contributed by atoms with Gasteiger partial charge in [0.25, 0.3) is 5.91 Å². The van der Waals surface area contributed by atoms with Gasteiger partial charge in [-0.1, -0.05) is 13.3 Å². The van der Waals surface area contributed by atoms with Crippen LogP contribution in [0.1, 0.15) is 33.1 Å². The van der Waals surface area contributed by atoms with E-state index >= 15 is 0 Å². The Balaban J connectivity index is 2.76. The molecule has 1 saturated heterocycles. The van der Waals surface area contributed by atoms with Crippen LogP contribution in [-0.2, 0) is 4.79 Å². The fourth-order valence-corrected chi connectivity index (χ4v) is 2.03. The molecule has 1 rings (SSSR count). The number of carbonyl (C=O) groups is 1. The first-order valence-electron chi connectivity index (χ1n) is 5.85. The minimum atomic E-state index is -4.71. The molecule has 1 fully saturated rings. The van der Waals surface area contributed by atoms with Gasteiger partial charge in [0.1, 0.15) is 0 Å². The maximum absolute atomic E-state index is 12.6. The third kappa shape index (κ3) is 2.91. The highest BCUT2D eigenvalue weighted by molar-refractivity contribution is 5.86. The number of hydrogen-bond donors (Lipinski definition) is 1. The second-order valence-electron chi connectivity index (χ2n) is 4.87. The van der Waals surface area contributed by atoms with Crippen molar-refractivity contribution in [3.8, 4) is 0 Å². The van der Waals surface area contributed by atoms with Gasteiger partial charge in [-0.15, -0.1) is 0 Å². The predicted octanol–water partition coefficient (Wildman–Crippen LogP) is 1.91. The fourth-order valence-electron chi connectivity index (χ4n) is 2.03. The zero-order chi connectivity index (χ0) is 13.3. The molecule has 0 aromatic rings. The van der Waals surface area contributed by atoms with Crippen LogP contribution in [0.5, 0.6) is 0 Å². The van der Waals surface area contributed by atoms with Gasteiger partial charge in [-0.05, 0) is 25.7 Å². The highest BCUT2D eigenvalue weighted by Crippen LogP contribution is 2.31. The van der Waals surface area contributed by atoms with Crippen LogP contribution in [0.25, 0.3) is 0 Å². The molecule has 0 bridgehead atoms. The number of nitrogens with two attached hydrogens (primary N) is 1. The standard InChI is InChI=1S/C11H19F3N2O/c1-3-8-5-4-6-16(7-8)9(17)10(2,15)11(12,13)14/h8H,3-7,15H2,1-2H3. The molecular formula is C11H19F3N2O. The van der Waals surface area contributed by atoms with Gasteiger partial charge >= 0.3 is 6.18 Å². The predicted molar refractivity (Wildman–Crippen MR) is 58.2 cm³/mol. The largest absolute Gasteiger partial charge is 0.415 e. The molecule has 0 radical (unpaired) electrons. The highest BCUT2D eigenvalue weighted by atomic mass is 19.4. The van der Waals surface area contributed by atoms with E-state index in [9.17, 15) is 18.0 Å². The topological polar surface area (TPSA) is 46.3 Å². The number of piperidine rings is 1. The molecule has 17 heavy (non-hydrogen) atoms. The molecule has 1 amide bonds. The van der Waals surface area contributed by atoms with E-state index in [1.54, 1.807) is 0 Å². The van der Waals surface area contributed by atoms with Crippen molar-refractivity contribution in [2.24, 2.45) is 11.7 Å². The molecule has 0 aromatic carbocycles. The Kier molecular flexibility index (Phi) is 4.06. The quantitative estimate of drug-likeness (QED) is 0.816. The fraction of sp³-hybridized carbons (Fsp3) is 0.909. The van der Waals surface area contributed by atoms with Crippen LogP contribution in [-0.4, -0.2) is 35.6 Å². The van der Waals surface area contributed by atoms with E-state index in [2.05, 4.69) is 0 Å². The molecule has 6 heteroatoms. The first kappa shape index (κ1) is 14.3. The van der Waals surface area contributed by atoms with Crippen molar-refractivity contribution in [3.63, 3.8) is 0 Å². The van der Waals surface area contributed by atoms with Gasteiger partial charge in [0, 0.05) is 13.1 Å².